The number of aliphatic imine (C=N–C) groups is 1. The van der Waals surface area contributed by atoms with Gasteiger partial charge in [-0.1, -0.05) is 19.3 Å². The second-order valence-corrected chi connectivity index (χ2v) is 7.35. The molecule has 0 atom stereocenters. The van der Waals surface area contributed by atoms with Crippen LogP contribution in [0, 0.1) is 22.9 Å². The van der Waals surface area contributed by atoms with E-state index in [0.29, 0.717) is 25.5 Å². The third-order valence-electron chi connectivity index (χ3n) is 5.22. The number of anilines is 1. The molecule has 4 N–H and O–H groups in total. The fourth-order valence-electron chi connectivity index (χ4n) is 3.63. The number of aliphatic hydroxyl groups excluding tert-OH is 1. The third-order valence-corrected chi connectivity index (χ3v) is 5.22. The van der Waals surface area contributed by atoms with Gasteiger partial charge in [-0.2, -0.15) is 0 Å². The predicted octanol–water partition coefficient (Wildman–Crippen LogP) is 3.55. The van der Waals surface area contributed by atoms with Crippen molar-refractivity contribution in [3.8, 4) is 0 Å². The van der Waals surface area contributed by atoms with Crippen LogP contribution in [0.4, 0.5) is 18.9 Å². The van der Waals surface area contributed by atoms with E-state index in [1.807, 2.05) is 6.92 Å². The summed E-state index contributed by atoms with van der Waals surface area (Å²) < 4.78 is 39.9. The number of carbonyl (C=O) groups is 1. The molecule has 1 aliphatic rings. The Morgan fingerprint density at radius 3 is 2.47 bits per heavy atom. The van der Waals surface area contributed by atoms with Gasteiger partial charge in [0.2, 0.25) is 5.91 Å². The summed E-state index contributed by atoms with van der Waals surface area (Å²) in [5.41, 5.74) is -0.439. The summed E-state index contributed by atoms with van der Waals surface area (Å²) in [7, 11) is 0. The first-order valence-electron chi connectivity index (χ1n) is 9.97. The number of hydrogen-bond donors (Lipinski definition) is 4. The highest BCUT2D eigenvalue weighted by molar-refractivity contribution is 14.0. The Morgan fingerprint density at radius 2 is 1.83 bits per heavy atom. The minimum atomic E-state index is -1.64. The highest BCUT2D eigenvalue weighted by Crippen LogP contribution is 2.38. The molecule has 170 valence electrons. The lowest BCUT2D eigenvalue weighted by atomic mass is 9.72. The molecular formula is C20H30F3IN4O2. The number of hydrogen-bond acceptors (Lipinski definition) is 3. The zero-order valence-electron chi connectivity index (χ0n) is 17.1. The van der Waals surface area contributed by atoms with Crippen LogP contribution in [-0.4, -0.2) is 43.2 Å². The van der Waals surface area contributed by atoms with E-state index in [1.165, 1.54) is 6.42 Å². The van der Waals surface area contributed by atoms with Crippen LogP contribution in [0.3, 0.4) is 0 Å². The Hall–Kier alpha value is -1.56. The van der Waals surface area contributed by atoms with E-state index < -0.39 is 29.0 Å². The first-order chi connectivity index (χ1) is 13.9. The molecule has 1 fully saturated rings. The summed E-state index contributed by atoms with van der Waals surface area (Å²) in [4.78, 5) is 16.2. The van der Waals surface area contributed by atoms with Gasteiger partial charge in [-0.25, -0.2) is 18.2 Å². The molecule has 1 saturated carbocycles. The van der Waals surface area contributed by atoms with Crippen molar-refractivity contribution < 1.29 is 23.1 Å². The SMILES string of the molecule is CCNC(=NCC(=O)Nc1ccc(F)c(F)c1F)NCC1(CCO)CCCCC1.I. The van der Waals surface area contributed by atoms with E-state index in [9.17, 15) is 23.1 Å². The number of rotatable bonds is 8. The Balaban J connectivity index is 0.00000450. The standard InChI is InChI=1S/C20H29F3N4O2.HI/c1-2-24-19(26-13-20(10-11-28)8-4-3-5-9-20)25-12-16(29)27-15-7-6-14(21)17(22)18(15)23;/h6-7,28H,2-5,8-13H2,1H3,(H,27,29)(H2,24,25,26);1H. The van der Waals surface area contributed by atoms with Crippen molar-refractivity contribution in [2.45, 2.75) is 45.4 Å². The number of carbonyl (C=O) groups excluding carboxylic acids is 1. The Labute approximate surface area is 192 Å². The monoisotopic (exact) mass is 542 g/mol. The zero-order chi connectivity index (χ0) is 21.3. The number of guanidine groups is 1. The third kappa shape index (κ3) is 7.60. The van der Waals surface area contributed by atoms with E-state index in [4.69, 9.17) is 0 Å². The van der Waals surface area contributed by atoms with Crippen molar-refractivity contribution in [1.29, 1.82) is 0 Å². The van der Waals surface area contributed by atoms with Gasteiger partial charge in [-0.05, 0) is 43.7 Å². The van der Waals surface area contributed by atoms with Crippen molar-refractivity contribution >= 4 is 41.5 Å². The summed E-state index contributed by atoms with van der Waals surface area (Å²) in [5.74, 6) is -4.64. The average molecular weight is 542 g/mol. The fourth-order valence-corrected chi connectivity index (χ4v) is 3.63. The van der Waals surface area contributed by atoms with Crippen LogP contribution in [0.1, 0.15) is 45.4 Å². The summed E-state index contributed by atoms with van der Waals surface area (Å²) in [6.07, 6.45) is 6.19. The number of nitrogens with zero attached hydrogens (tertiary/aromatic N) is 1. The maximum absolute atomic E-state index is 13.7. The molecule has 1 amide bonds. The van der Waals surface area contributed by atoms with E-state index in [1.54, 1.807) is 0 Å². The van der Waals surface area contributed by atoms with Gasteiger partial charge in [0, 0.05) is 19.7 Å². The number of halogens is 4. The summed E-state index contributed by atoms with van der Waals surface area (Å²) in [5, 5.41) is 17.9. The van der Waals surface area contributed by atoms with Crippen LogP contribution in [0.15, 0.2) is 17.1 Å². The number of aliphatic hydroxyl groups is 1. The molecule has 0 heterocycles. The minimum absolute atomic E-state index is 0. The summed E-state index contributed by atoms with van der Waals surface area (Å²) >= 11 is 0. The van der Waals surface area contributed by atoms with Crippen molar-refractivity contribution in [2.75, 3.05) is 31.6 Å². The molecule has 2 rings (SSSR count). The normalized spacial score (nSPS) is 15.8. The molecule has 0 bridgehead atoms. The lowest BCUT2D eigenvalue weighted by Crippen LogP contribution is -2.45. The maximum atomic E-state index is 13.7. The second-order valence-electron chi connectivity index (χ2n) is 7.35. The first kappa shape index (κ1) is 26.5. The molecule has 0 saturated heterocycles. The smallest absolute Gasteiger partial charge is 0.246 e. The molecule has 0 aromatic heterocycles. The topological polar surface area (TPSA) is 85.8 Å². The van der Waals surface area contributed by atoms with E-state index in [0.717, 1.165) is 37.8 Å². The van der Waals surface area contributed by atoms with Crippen LogP contribution >= 0.6 is 24.0 Å². The van der Waals surface area contributed by atoms with Gasteiger partial charge < -0.3 is 21.1 Å². The fraction of sp³-hybridized carbons (Fsp3) is 0.600. The second kappa shape index (κ2) is 13.0. The molecule has 6 nitrogen and oxygen atoms in total. The van der Waals surface area contributed by atoms with Crippen molar-refractivity contribution in [3.63, 3.8) is 0 Å². The first-order valence-corrected chi connectivity index (χ1v) is 9.97. The van der Waals surface area contributed by atoms with Crippen LogP contribution in [0.25, 0.3) is 0 Å². The molecule has 30 heavy (non-hydrogen) atoms. The van der Waals surface area contributed by atoms with Crippen molar-refractivity contribution in [3.05, 3.63) is 29.6 Å². The van der Waals surface area contributed by atoms with Crippen molar-refractivity contribution in [2.24, 2.45) is 10.4 Å². The van der Waals surface area contributed by atoms with Gasteiger partial charge in [-0.15, -0.1) is 24.0 Å². The van der Waals surface area contributed by atoms with E-state index in [-0.39, 0.29) is 42.5 Å². The quantitative estimate of drug-likeness (QED) is 0.175. The molecule has 0 spiro atoms. The molecule has 0 aliphatic heterocycles. The van der Waals surface area contributed by atoms with Gasteiger partial charge in [0.05, 0.1) is 5.69 Å². The lowest BCUT2D eigenvalue weighted by Gasteiger charge is -2.37. The highest BCUT2D eigenvalue weighted by atomic mass is 127. The van der Waals surface area contributed by atoms with Gasteiger partial charge in [-0.3, -0.25) is 4.79 Å². The van der Waals surface area contributed by atoms with Gasteiger partial charge in [0.15, 0.2) is 23.4 Å². The van der Waals surface area contributed by atoms with Crippen LogP contribution in [0.2, 0.25) is 0 Å². The maximum Gasteiger partial charge on any atom is 0.246 e. The largest absolute Gasteiger partial charge is 0.396 e. The number of nitrogens with one attached hydrogen (secondary N) is 3. The zero-order valence-corrected chi connectivity index (χ0v) is 19.4. The van der Waals surface area contributed by atoms with Gasteiger partial charge in [0.1, 0.15) is 6.54 Å². The van der Waals surface area contributed by atoms with E-state index >= 15 is 0 Å². The van der Waals surface area contributed by atoms with Crippen LogP contribution in [-0.2, 0) is 4.79 Å². The Kier molecular flexibility index (Phi) is 11.5. The van der Waals surface area contributed by atoms with Crippen molar-refractivity contribution in [1.82, 2.24) is 10.6 Å². The molecular weight excluding hydrogens is 512 g/mol. The van der Waals surface area contributed by atoms with Gasteiger partial charge >= 0.3 is 0 Å². The van der Waals surface area contributed by atoms with Gasteiger partial charge in [0.25, 0.3) is 0 Å². The molecule has 1 aromatic rings. The summed E-state index contributed by atoms with van der Waals surface area (Å²) in [6.45, 7) is 2.90. The summed E-state index contributed by atoms with van der Waals surface area (Å²) in [6, 6.07) is 1.70. The van der Waals surface area contributed by atoms with Crippen LogP contribution in [0.5, 0.6) is 0 Å². The highest BCUT2D eigenvalue weighted by Gasteiger charge is 2.31. The number of amides is 1. The minimum Gasteiger partial charge on any atom is -0.396 e. The molecule has 1 aliphatic carbocycles. The van der Waals surface area contributed by atoms with E-state index in [2.05, 4.69) is 20.9 Å². The average Bonchev–Trinajstić information content (AvgIpc) is 2.71. The molecule has 1 aromatic carbocycles. The Bertz CT molecular complexity index is 723. The Morgan fingerprint density at radius 1 is 1.13 bits per heavy atom. The predicted molar refractivity (Wildman–Crippen MR) is 122 cm³/mol. The van der Waals surface area contributed by atoms with Crippen LogP contribution < -0.4 is 16.0 Å². The molecule has 10 heteroatoms. The number of benzene rings is 1. The lowest BCUT2D eigenvalue weighted by molar-refractivity contribution is -0.114. The molecule has 0 radical (unpaired) electrons. The molecule has 0 unspecified atom stereocenters.